The van der Waals surface area contributed by atoms with Crippen LogP contribution in [0.25, 0.3) is 38.9 Å². The highest BCUT2D eigenvalue weighted by atomic mass is 35.5. The Morgan fingerprint density at radius 1 is 1.05 bits per heavy atom. The average Bonchev–Trinajstić information content (AvgIpc) is 3.53. The summed E-state index contributed by atoms with van der Waals surface area (Å²) in [6, 6.07) is 8.96. The summed E-state index contributed by atoms with van der Waals surface area (Å²) >= 11 is 12.9. The van der Waals surface area contributed by atoms with Crippen LogP contribution >= 0.6 is 23.2 Å². The first-order chi connectivity index (χ1) is 18.0. The van der Waals surface area contributed by atoms with E-state index in [-0.39, 0.29) is 5.69 Å². The van der Waals surface area contributed by atoms with Crippen LogP contribution in [0.15, 0.2) is 55.1 Å². The van der Waals surface area contributed by atoms with E-state index in [1.807, 2.05) is 35.4 Å². The maximum absolute atomic E-state index is 12.5. The molecule has 0 aliphatic carbocycles. The molecule has 0 saturated carbocycles. The van der Waals surface area contributed by atoms with Gasteiger partial charge in [-0.25, -0.2) is 4.98 Å². The molecule has 1 amide bonds. The molecule has 1 aliphatic heterocycles. The molecule has 0 unspecified atom stereocenters. The van der Waals surface area contributed by atoms with E-state index in [2.05, 4.69) is 15.0 Å². The molecule has 4 aromatic heterocycles. The Morgan fingerprint density at radius 2 is 1.84 bits per heavy atom. The molecule has 1 fully saturated rings. The summed E-state index contributed by atoms with van der Waals surface area (Å²) in [7, 11) is 0. The van der Waals surface area contributed by atoms with E-state index >= 15 is 0 Å². The van der Waals surface area contributed by atoms with Crippen molar-refractivity contribution >= 4 is 45.7 Å². The third-order valence-corrected chi connectivity index (χ3v) is 7.23. The van der Waals surface area contributed by atoms with Crippen molar-refractivity contribution < 1.29 is 9.53 Å². The number of rotatable bonds is 6. The molecule has 2 N–H and O–H groups in total. The van der Waals surface area contributed by atoms with E-state index in [0.29, 0.717) is 26.9 Å². The van der Waals surface area contributed by atoms with Gasteiger partial charge < -0.3 is 10.5 Å². The molecular formula is C26H23Cl2N7O2. The second kappa shape index (κ2) is 9.75. The number of nitrogens with two attached hydrogens (primary N) is 1. The lowest BCUT2D eigenvalue weighted by molar-refractivity contribution is 0.0360. The molecule has 0 bridgehead atoms. The topological polar surface area (TPSA) is 104 Å². The molecule has 1 aromatic carbocycles. The first-order valence-electron chi connectivity index (χ1n) is 11.9. The van der Waals surface area contributed by atoms with Crippen LogP contribution in [0.3, 0.4) is 0 Å². The summed E-state index contributed by atoms with van der Waals surface area (Å²) in [4.78, 5) is 24.3. The van der Waals surface area contributed by atoms with Crippen molar-refractivity contribution in [3.8, 4) is 22.4 Å². The quantitative estimate of drug-likeness (QED) is 0.350. The zero-order chi connectivity index (χ0) is 25.5. The van der Waals surface area contributed by atoms with Crippen LogP contribution in [0.1, 0.15) is 10.5 Å². The number of fused-ring (bicyclic) bond motifs is 3. The Hall–Kier alpha value is -3.50. The highest BCUT2D eigenvalue weighted by Crippen LogP contribution is 2.37. The zero-order valence-corrected chi connectivity index (χ0v) is 21.3. The van der Waals surface area contributed by atoms with Crippen LogP contribution in [0.5, 0.6) is 0 Å². The second-order valence-corrected chi connectivity index (χ2v) is 9.70. The van der Waals surface area contributed by atoms with E-state index in [1.165, 1.54) is 0 Å². The maximum Gasteiger partial charge on any atom is 0.268 e. The van der Waals surface area contributed by atoms with Gasteiger partial charge in [0.25, 0.3) is 5.91 Å². The predicted octanol–water partition coefficient (Wildman–Crippen LogP) is 4.15. The van der Waals surface area contributed by atoms with Crippen molar-refractivity contribution in [1.29, 1.82) is 0 Å². The van der Waals surface area contributed by atoms with E-state index in [4.69, 9.17) is 38.7 Å². The van der Waals surface area contributed by atoms with Crippen molar-refractivity contribution in [1.82, 2.24) is 29.0 Å². The fraction of sp³-hybridized carbons (Fsp3) is 0.231. The van der Waals surface area contributed by atoms with Gasteiger partial charge in [-0.2, -0.15) is 5.10 Å². The largest absolute Gasteiger partial charge is 0.379 e. The van der Waals surface area contributed by atoms with Crippen molar-refractivity contribution in [2.75, 3.05) is 32.8 Å². The molecule has 1 aliphatic rings. The number of halogens is 2. The van der Waals surface area contributed by atoms with Crippen molar-refractivity contribution in [2.45, 2.75) is 6.54 Å². The lowest BCUT2D eigenvalue weighted by Crippen LogP contribution is -2.38. The number of carbonyl (C=O) groups excluding carboxylic acids is 1. The highest BCUT2D eigenvalue weighted by Gasteiger charge is 2.23. The number of morpholine rings is 1. The number of amides is 1. The van der Waals surface area contributed by atoms with Crippen LogP contribution in [-0.2, 0) is 11.3 Å². The van der Waals surface area contributed by atoms with Gasteiger partial charge in [0.2, 0.25) is 0 Å². The van der Waals surface area contributed by atoms with Gasteiger partial charge in [-0.05, 0) is 24.3 Å². The maximum atomic E-state index is 12.5. The number of hydrogen-bond acceptors (Lipinski definition) is 6. The number of benzene rings is 1. The van der Waals surface area contributed by atoms with Gasteiger partial charge in [0, 0.05) is 60.3 Å². The molecule has 0 spiro atoms. The summed E-state index contributed by atoms with van der Waals surface area (Å²) in [5, 5.41) is 6.06. The fourth-order valence-corrected chi connectivity index (χ4v) is 5.27. The Bertz CT molecular complexity index is 1620. The minimum atomic E-state index is -0.636. The summed E-state index contributed by atoms with van der Waals surface area (Å²) in [6.45, 7) is 5.14. The van der Waals surface area contributed by atoms with Crippen molar-refractivity contribution in [3.05, 3.63) is 70.9 Å². The molecule has 188 valence electrons. The van der Waals surface area contributed by atoms with Crippen LogP contribution in [0.4, 0.5) is 0 Å². The van der Waals surface area contributed by atoms with Gasteiger partial charge in [0.15, 0.2) is 0 Å². The van der Waals surface area contributed by atoms with Gasteiger partial charge in [0.05, 0.1) is 41.5 Å². The monoisotopic (exact) mass is 535 g/mol. The average molecular weight is 536 g/mol. The molecular weight excluding hydrogens is 513 g/mol. The number of primary amides is 1. The minimum Gasteiger partial charge on any atom is -0.379 e. The van der Waals surface area contributed by atoms with Crippen molar-refractivity contribution in [2.24, 2.45) is 5.73 Å². The SMILES string of the molecule is NC(=O)c1c(-c2c(Cl)cccc2Cl)nc2c3cc(-c4cnn(CCN5CCOCC5)c4)cnc3ccn12. The van der Waals surface area contributed by atoms with Crippen LogP contribution in [0, 0.1) is 0 Å². The summed E-state index contributed by atoms with van der Waals surface area (Å²) < 4.78 is 9.02. The highest BCUT2D eigenvalue weighted by molar-refractivity contribution is 6.39. The smallest absolute Gasteiger partial charge is 0.268 e. The van der Waals surface area contributed by atoms with Crippen LogP contribution in [-0.4, -0.2) is 67.8 Å². The number of aromatic nitrogens is 5. The summed E-state index contributed by atoms with van der Waals surface area (Å²) in [6.07, 6.45) is 7.39. The summed E-state index contributed by atoms with van der Waals surface area (Å²) in [5.74, 6) is -0.636. The van der Waals surface area contributed by atoms with Gasteiger partial charge in [-0.1, -0.05) is 29.3 Å². The van der Waals surface area contributed by atoms with Gasteiger partial charge in [0.1, 0.15) is 17.0 Å². The minimum absolute atomic E-state index is 0.202. The lowest BCUT2D eigenvalue weighted by Gasteiger charge is -2.26. The van der Waals surface area contributed by atoms with Gasteiger partial charge in [-0.3, -0.25) is 23.8 Å². The molecule has 0 radical (unpaired) electrons. The zero-order valence-electron chi connectivity index (χ0n) is 19.8. The molecule has 0 atom stereocenters. The molecule has 6 rings (SSSR count). The standard InChI is InChI=1S/C26H23Cl2N7O2/c27-19-2-1-3-20(28)22(19)23-24(25(29)36)35-5-4-21-18(26(35)32-23)12-16(13-30-21)17-14-31-34(15-17)7-6-33-8-10-37-11-9-33/h1-5,12-15H,6-11H2,(H2,29,36). The Kier molecular flexibility index (Phi) is 6.29. The number of pyridine rings is 2. The number of hydrogen-bond donors (Lipinski definition) is 1. The molecule has 1 saturated heterocycles. The fourth-order valence-electron chi connectivity index (χ4n) is 4.70. The van der Waals surface area contributed by atoms with E-state index in [1.54, 1.807) is 28.8 Å². The lowest BCUT2D eigenvalue weighted by atomic mass is 10.1. The Labute approximate surface area is 222 Å². The number of ether oxygens (including phenoxy) is 1. The van der Waals surface area contributed by atoms with Crippen LogP contribution < -0.4 is 5.73 Å². The Balaban J connectivity index is 1.41. The first kappa shape index (κ1) is 23.9. The molecule has 5 aromatic rings. The third kappa shape index (κ3) is 4.44. The van der Waals surface area contributed by atoms with E-state index in [9.17, 15) is 4.79 Å². The molecule has 37 heavy (non-hydrogen) atoms. The van der Waals surface area contributed by atoms with Crippen molar-refractivity contribution in [3.63, 3.8) is 0 Å². The summed E-state index contributed by atoms with van der Waals surface area (Å²) in [5.41, 5.74) is 9.87. The molecule has 9 nitrogen and oxygen atoms in total. The normalized spacial score (nSPS) is 14.5. The Morgan fingerprint density at radius 3 is 2.59 bits per heavy atom. The van der Waals surface area contributed by atoms with E-state index in [0.717, 1.165) is 61.4 Å². The number of nitrogens with zero attached hydrogens (tertiary/aromatic N) is 6. The molecule has 11 heteroatoms. The predicted molar refractivity (Wildman–Crippen MR) is 143 cm³/mol. The third-order valence-electron chi connectivity index (χ3n) is 6.60. The second-order valence-electron chi connectivity index (χ2n) is 8.88. The van der Waals surface area contributed by atoms with Gasteiger partial charge in [-0.15, -0.1) is 0 Å². The number of imidazole rings is 1. The van der Waals surface area contributed by atoms with Gasteiger partial charge >= 0.3 is 0 Å². The van der Waals surface area contributed by atoms with Crippen LogP contribution in [0.2, 0.25) is 10.0 Å². The first-order valence-corrected chi connectivity index (χ1v) is 12.6. The van der Waals surface area contributed by atoms with E-state index < -0.39 is 5.91 Å². The number of carbonyl (C=O) groups is 1. The molecule has 5 heterocycles.